The molecule has 21 heavy (non-hydrogen) atoms. The van der Waals surface area contributed by atoms with Gasteiger partial charge in [-0.3, -0.25) is 14.5 Å². The van der Waals surface area contributed by atoms with Gasteiger partial charge in [-0.1, -0.05) is 0 Å². The first-order chi connectivity index (χ1) is 9.90. The van der Waals surface area contributed by atoms with Crippen LogP contribution in [0.2, 0.25) is 0 Å². The maximum Gasteiger partial charge on any atom is 0.250 e. The zero-order valence-corrected chi connectivity index (χ0v) is 12.8. The zero-order valence-electron chi connectivity index (χ0n) is 11.2. The molecule has 112 valence electrons. The molecule has 1 saturated carbocycles. The van der Waals surface area contributed by atoms with Gasteiger partial charge in [0.25, 0.3) is 5.91 Å². The number of carbonyl (C=O) groups is 2. The molecule has 1 aromatic carbocycles. The second kappa shape index (κ2) is 5.05. The minimum Gasteiger partial charge on any atom is -0.342 e. The molecule has 0 radical (unpaired) electrons. The van der Waals surface area contributed by atoms with E-state index in [1.807, 2.05) is 0 Å². The number of nitrogens with zero attached hydrogens (tertiary/aromatic N) is 1. The van der Waals surface area contributed by atoms with Gasteiger partial charge in [0.1, 0.15) is 23.7 Å². The number of carbonyl (C=O) groups excluding carboxylic acids is 2. The number of amides is 2. The minimum absolute atomic E-state index is 0.0489. The molecule has 2 fully saturated rings. The molecular weight excluding hydrogens is 346 g/mol. The van der Waals surface area contributed by atoms with Crippen molar-refractivity contribution in [1.29, 1.82) is 0 Å². The van der Waals surface area contributed by atoms with E-state index in [2.05, 4.69) is 21.2 Å². The number of nitrogens with one attached hydrogen (secondary N) is 1. The Morgan fingerprint density at radius 1 is 1.24 bits per heavy atom. The third kappa shape index (κ3) is 2.43. The van der Waals surface area contributed by atoms with E-state index in [-0.39, 0.29) is 27.9 Å². The molecule has 0 spiro atoms. The second-order valence-electron chi connectivity index (χ2n) is 5.43. The fourth-order valence-electron chi connectivity index (χ4n) is 2.57. The summed E-state index contributed by atoms with van der Waals surface area (Å²) in [6, 6.07) is 0.455. The van der Waals surface area contributed by atoms with Crippen molar-refractivity contribution in [3.8, 4) is 0 Å². The molecule has 2 unspecified atom stereocenters. The Kier molecular flexibility index (Phi) is 3.47. The van der Waals surface area contributed by atoms with Gasteiger partial charge in [-0.2, -0.15) is 0 Å². The SMILES string of the molecule is CC1C(=O)NC(C2CC2)C(=O)N1c1cc(Br)c(F)cc1F. The first kappa shape index (κ1) is 14.4. The van der Waals surface area contributed by atoms with Gasteiger partial charge in [0.2, 0.25) is 5.91 Å². The Hall–Kier alpha value is -1.50. The quantitative estimate of drug-likeness (QED) is 0.825. The van der Waals surface area contributed by atoms with Crippen LogP contribution in [0.3, 0.4) is 0 Å². The topological polar surface area (TPSA) is 49.4 Å². The highest BCUT2D eigenvalue weighted by atomic mass is 79.9. The van der Waals surface area contributed by atoms with E-state index in [4.69, 9.17) is 0 Å². The van der Waals surface area contributed by atoms with E-state index in [0.29, 0.717) is 6.07 Å². The van der Waals surface area contributed by atoms with Crippen LogP contribution in [-0.4, -0.2) is 23.9 Å². The lowest BCUT2D eigenvalue weighted by Crippen LogP contribution is -2.63. The van der Waals surface area contributed by atoms with E-state index in [9.17, 15) is 18.4 Å². The Morgan fingerprint density at radius 3 is 2.52 bits per heavy atom. The van der Waals surface area contributed by atoms with Gasteiger partial charge in [0.05, 0.1) is 10.2 Å². The maximum absolute atomic E-state index is 14.0. The van der Waals surface area contributed by atoms with Gasteiger partial charge in [-0.15, -0.1) is 0 Å². The van der Waals surface area contributed by atoms with Crippen LogP contribution < -0.4 is 10.2 Å². The molecule has 2 aliphatic rings. The lowest BCUT2D eigenvalue weighted by molar-refractivity contribution is -0.134. The average molecular weight is 359 g/mol. The molecule has 0 aromatic heterocycles. The molecule has 3 rings (SSSR count). The predicted octanol–water partition coefficient (Wildman–Crippen LogP) is 2.36. The monoisotopic (exact) mass is 358 g/mol. The number of anilines is 1. The van der Waals surface area contributed by atoms with E-state index < -0.39 is 23.7 Å². The average Bonchev–Trinajstić information content (AvgIpc) is 3.24. The van der Waals surface area contributed by atoms with Gasteiger partial charge in [0, 0.05) is 6.07 Å². The molecule has 1 aliphatic heterocycles. The van der Waals surface area contributed by atoms with E-state index in [0.717, 1.165) is 17.7 Å². The zero-order chi connectivity index (χ0) is 15.3. The molecule has 0 bridgehead atoms. The molecule has 2 atom stereocenters. The van der Waals surface area contributed by atoms with Crippen molar-refractivity contribution in [3.63, 3.8) is 0 Å². The number of piperazine rings is 1. The molecule has 1 heterocycles. The van der Waals surface area contributed by atoms with Crippen molar-refractivity contribution in [2.75, 3.05) is 4.90 Å². The summed E-state index contributed by atoms with van der Waals surface area (Å²) < 4.78 is 27.4. The van der Waals surface area contributed by atoms with Crippen molar-refractivity contribution in [2.24, 2.45) is 5.92 Å². The fourth-order valence-corrected chi connectivity index (χ4v) is 2.90. The van der Waals surface area contributed by atoms with Crippen LogP contribution in [0.15, 0.2) is 16.6 Å². The largest absolute Gasteiger partial charge is 0.342 e. The first-order valence-electron chi connectivity index (χ1n) is 6.68. The van der Waals surface area contributed by atoms with Crippen LogP contribution in [0.5, 0.6) is 0 Å². The Balaban J connectivity index is 2.03. The normalized spacial score (nSPS) is 26.0. The summed E-state index contributed by atoms with van der Waals surface area (Å²) in [6.07, 6.45) is 1.74. The highest BCUT2D eigenvalue weighted by Crippen LogP contribution is 2.37. The summed E-state index contributed by atoms with van der Waals surface area (Å²) in [7, 11) is 0. The minimum atomic E-state index is -0.861. The summed E-state index contributed by atoms with van der Waals surface area (Å²) >= 11 is 2.98. The highest BCUT2D eigenvalue weighted by Gasteiger charge is 2.46. The van der Waals surface area contributed by atoms with Gasteiger partial charge in [0.15, 0.2) is 0 Å². The van der Waals surface area contributed by atoms with Crippen LogP contribution in [0.25, 0.3) is 0 Å². The smallest absolute Gasteiger partial charge is 0.250 e. The molecule has 1 aliphatic carbocycles. The molecule has 7 heteroatoms. The Labute approximate surface area is 128 Å². The lowest BCUT2D eigenvalue weighted by Gasteiger charge is -2.37. The summed E-state index contributed by atoms with van der Waals surface area (Å²) in [5, 5.41) is 2.68. The van der Waals surface area contributed by atoms with Crippen LogP contribution in [0.4, 0.5) is 14.5 Å². The number of hydrogen-bond acceptors (Lipinski definition) is 2. The summed E-state index contributed by atoms with van der Waals surface area (Å²) in [6.45, 7) is 1.52. The maximum atomic E-state index is 14.0. The van der Waals surface area contributed by atoms with Gasteiger partial charge >= 0.3 is 0 Å². The lowest BCUT2D eigenvalue weighted by atomic mass is 10.0. The van der Waals surface area contributed by atoms with Crippen LogP contribution in [0.1, 0.15) is 19.8 Å². The summed E-state index contributed by atoms with van der Waals surface area (Å²) in [4.78, 5) is 25.7. The van der Waals surface area contributed by atoms with Crippen molar-refractivity contribution in [2.45, 2.75) is 31.8 Å². The van der Waals surface area contributed by atoms with E-state index >= 15 is 0 Å². The van der Waals surface area contributed by atoms with Crippen molar-refractivity contribution >= 4 is 33.4 Å². The van der Waals surface area contributed by atoms with Gasteiger partial charge < -0.3 is 5.32 Å². The van der Waals surface area contributed by atoms with Crippen LogP contribution in [0, 0.1) is 17.6 Å². The Bertz CT molecular complexity index is 634. The summed E-state index contributed by atoms with van der Waals surface area (Å²) in [5.74, 6) is -2.17. The highest BCUT2D eigenvalue weighted by molar-refractivity contribution is 9.10. The first-order valence-corrected chi connectivity index (χ1v) is 7.47. The predicted molar refractivity (Wildman–Crippen MR) is 75.7 cm³/mol. The third-order valence-corrected chi connectivity index (χ3v) is 4.52. The molecule has 1 saturated heterocycles. The second-order valence-corrected chi connectivity index (χ2v) is 6.28. The molecule has 1 aromatic rings. The number of hydrogen-bond donors (Lipinski definition) is 1. The van der Waals surface area contributed by atoms with Crippen molar-refractivity contribution in [1.82, 2.24) is 5.32 Å². The van der Waals surface area contributed by atoms with Gasteiger partial charge in [-0.05, 0) is 47.7 Å². The van der Waals surface area contributed by atoms with Crippen LogP contribution >= 0.6 is 15.9 Å². The molecule has 2 amide bonds. The third-order valence-electron chi connectivity index (χ3n) is 3.91. The van der Waals surface area contributed by atoms with E-state index in [1.54, 1.807) is 0 Å². The van der Waals surface area contributed by atoms with Gasteiger partial charge in [-0.25, -0.2) is 8.78 Å². The van der Waals surface area contributed by atoms with Crippen LogP contribution in [-0.2, 0) is 9.59 Å². The van der Waals surface area contributed by atoms with Crippen molar-refractivity contribution in [3.05, 3.63) is 28.2 Å². The van der Waals surface area contributed by atoms with Crippen molar-refractivity contribution < 1.29 is 18.4 Å². The standard InChI is InChI=1S/C14H13BrF2N2O2/c1-6-13(20)18-12(7-2-3-7)14(21)19(6)11-4-8(15)9(16)5-10(11)17/h4-7,12H,2-3H2,1H3,(H,18,20). The Morgan fingerprint density at radius 2 is 1.90 bits per heavy atom. The number of halogens is 3. The number of rotatable bonds is 2. The number of benzene rings is 1. The van der Waals surface area contributed by atoms with E-state index in [1.165, 1.54) is 13.0 Å². The fraction of sp³-hybridized carbons (Fsp3) is 0.429. The molecule has 1 N–H and O–H groups in total. The molecular formula is C14H13BrF2N2O2. The summed E-state index contributed by atoms with van der Waals surface area (Å²) in [5.41, 5.74) is -0.0822. The molecule has 4 nitrogen and oxygen atoms in total.